The summed E-state index contributed by atoms with van der Waals surface area (Å²) in [6, 6.07) is 0. The number of rotatable bonds is 3. The maximum absolute atomic E-state index is 12.1. The van der Waals surface area contributed by atoms with Crippen LogP contribution in [-0.4, -0.2) is 29.9 Å². The number of aliphatic carboxylic acids is 1. The summed E-state index contributed by atoms with van der Waals surface area (Å²) in [6.45, 7) is 0. The van der Waals surface area contributed by atoms with Crippen LogP contribution < -0.4 is 5.11 Å². The number of halogens is 9. The van der Waals surface area contributed by atoms with Crippen LogP contribution in [0, 0.1) is 0 Å². The number of hydrogen-bond donors (Lipinski definition) is 0. The molecule has 96 valence electrons. The van der Waals surface area contributed by atoms with Gasteiger partial charge in [0.25, 0.3) is 0 Å². The smallest absolute Gasteiger partial charge is 0.460 e. The molecule has 0 aliphatic carbocycles. The summed E-state index contributed by atoms with van der Waals surface area (Å²) >= 11 is 0. The molecule has 16 heavy (non-hydrogen) atoms. The second kappa shape index (κ2) is 3.42. The molecule has 0 spiro atoms. The maximum atomic E-state index is 12.1. The summed E-state index contributed by atoms with van der Waals surface area (Å²) in [5.74, 6) is -25.1. The summed E-state index contributed by atoms with van der Waals surface area (Å²) in [5.41, 5.74) is 0. The summed E-state index contributed by atoms with van der Waals surface area (Å²) in [4.78, 5) is 9.40. The Hall–Kier alpha value is -1.16. The molecule has 0 bridgehead atoms. The Bertz CT molecular complexity index is 291. The Morgan fingerprint density at radius 3 is 1.25 bits per heavy atom. The molecule has 0 aromatic carbocycles. The van der Waals surface area contributed by atoms with E-state index in [2.05, 4.69) is 0 Å². The lowest BCUT2D eigenvalue weighted by atomic mass is 10.0. The molecule has 0 aliphatic rings. The van der Waals surface area contributed by atoms with Crippen LogP contribution in [0.1, 0.15) is 0 Å². The van der Waals surface area contributed by atoms with Crippen molar-refractivity contribution >= 4 is 5.97 Å². The molecular formula is C5F9O2-. The van der Waals surface area contributed by atoms with Gasteiger partial charge in [0.2, 0.25) is 0 Å². The molecule has 0 aliphatic heterocycles. The Kier molecular flexibility index (Phi) is 3.17. The minimum atomic E-state index is -7.20. The molecule has 0 saturated carbocycles. The first-order chi connectivity index (χ1) is 6.69. The molecule has 0 rings (SSSR count). The number of alkyl halides is 9. The molecule has 11 heteroatoms. The molecule has 0 aromatic heterocycles. The lowest BCUT2D eigenvalue weighted by Crippen LogP contribution is -2.65. The molecule has 0 unspecified atom stereocenters. The van der Waals surface area contributed by atoms with Crippen molar-refractivity contribution in [3.8, 4) is 0 Å². The number of carbonyl (C=O) groups is 1. The van der Waals surface area contributed by atoms with E-state index in [0.717, 1.165) is 0 Å². The van der Waals surface area contributed by atoms with Gasteiger partial charge in [0, 0.05) is 0 Å². The zero-order valence-corrected chi connectivity index (χ0v) is 6.72. The quantitative estimate of drug-likeness (QED) is 0.718. The zero-order valence-electron chi connectivity index (χ0n) is 6.72. The third kappa shape index (κ3) is 1.78. The highest BCUT2D eigenvalue weighted by Gasteiger charge is 2.82. The average molecular weight is 263 g/mol. The lowest BCUT2D eigenvalue weighted by Gasteiger charge is -2.33. The van der Waals surface area contributed by atoms with Crippen molar-refractivity contribution in [2.45, 2.75) is 23.9 Å². The molecule has 0 atom stereocenters. The highest BCUT2D eigenvalue weighted by atomic mass is 19.4. The van der Waals surface area contributed by atoms with Gasteiger partial charge in [0.1, 0.15) is 5.97 Å². The molecule has 2 nitrogen and oxygen atoms in total. The fraction of sp³-hybridized carbons (Fsp3) is 0.800. The number of carboxylic acids is 1. The minimum absolute atomic E-state index is 4.04. The van der Waals surface area contributed by atoms with Gasteiger partial charge in [-0.25, -0.2) is 0 Å². The number of hydrogen-bond acceptors (Lipinski definition) is 2. The minimum Gasteiger partial charge on any atom is -0.544 e. The Morgan fingerprint density at radius 2 is 1.06 bits per heavy atom. The van der Waals surface area contributed by atoms with Crippen LogP contribution in [0.4, 0.5) is 39.5 Å². The highest BCUT2D eigenvalue weighted by molar-refractivity contribution is 5.74. The van der Waals surface area contributed by atoms with Crippen molar-refractivity contribution in [2.75, 3.05) is 0 Å². The van der Waals surface area contributed by atoms with Gasteiger partial charge >= 0.3 is 23.9 Å². The van der Waals surface area contributed by atoms with E-state index in [1.54, 1.807) is 0 Å². The summed E-state index contributed by atoms with van der Waals surface area (Å²) < 4.78 is 106. The van der Waals surface area contributed by atoms with Crippen LogP contribution >= 0.6 is 0 Å². The van der Waals surface area contributed by atoms with E-state index < -0.39 is 29.9 Å². The van der Waals surface area contributed by atoms with E-state index in [4.69, 9.17) is 0 Å². The summed E-state index contributed by atoms with van der Waals surface area (Å²) in [6.07, 6.45) is -7.03. The molecule has 0 heterocycles. The van der Waals surface area contributed by atoms with E-state index in [1.165, 1.54) is 0 Å². The standard InChI is InChI=1S/C5HF9O2/c6-2(7,1(15)16)3(8,9)4(10,11)5(12,13)14/h(H,15,16)/p-1. The van der Waals surface area contributed by atoms with Crippen LogP contribution in [0.25, 0.3) is 0 Å². The zero-order chi connectivity index (χ0) is 13.6. The van der Waals surface area contributed by atoms with E-state index >= 15 is 0 Å². The fourth-order valence-corrected chi connectivity index (χ4v) is 0.503. The first-order valence-corrected chi connectivity index (χ1v) is 3.11. The Balaban J connectivity index is 5.62. The van der Waals surface area contributed by atoms with Crippen molar-refractivity contribution in [3.05, 3.63) is 0 Å². The topological polar surface area (TPSA) is 40.1 Å². The Labute approximate surface area is 80.6 Å². The van der Waals surface area contributed by atoms with Crippen molar-refractivity contribution in [3.63, 3.8) is 0 Å². The summed E-state index contributed by atoms with van der Waals surface area (Å²) in [5, 5.41) is 9.40. The van der Waals surface area contributed by atoms with Crippen LogP contribution in [0.5, 0.6) is 0 Å². The van der Waals surface area contributed by atoms with Gasteiger partial charge < -0.3 is 9.90 Å². The number of carboxylic acid groups (broad SMARTS) is 1. The molecule has 0 aromatic rings. The van der Waals surface area contributed by atoms with E-state index in [1.807, 2.05) is 0 Å². The van der Waals surface area contributed by atoms with Crippen molar-refractivity contribution in [2.24, 2.45) is 0 Å². The lowest BCUT2D eigenvalue weighted by molar-refractivity contribution is -0.410. The van der Waals surface area contributed by atoms with Gasteiger partial charge in [-0.1, -0.05) is 0 Å². The largest absolute Gasteiger partial charge is 0.544 e. The average Bonchev–Trinajstić information content (AvgIpc) is 2.00. The van der Waals surface area contributed by atoms with Crippen LogP contribution in [0.15, 0.2) is 0 Å². The monoisotopic (exact) mass is 263 g/mol. The van der Waals surface area contributed by atoms with Gasteiger partial charge in [0.15, 0.2) is 0 Å². The van der Waals surface area contributed by atoms with Crippen LogP contribution in [0.2, 0.25) is 0 Å². The third-order valence-corrected chi connectivity index (χ3v) is 1.40. The van der Waals surface area contributed by atoms with Gasteiger partial charge in [-0.3, -0.25) is 0 Å². The van der Waals surface area contributed by atoms with E-state index in [9.17, 15) is 49.4 Å². The van der Waals surface area contributed by atoms with Gasteiger partial charge in [-0.2, -0.15) is 39.5 Å². The number of carbonyl (C=O) groups excluding carboxylic acids is 1. The first kappa shape index (κ1) is 14.8. The molecule has 0 fully saturated rings. The fourth-order valence-electron chi connectivity index (χ4n) is 0.503. The van der Waals surface area contributed by atoms with Crippen molar-refractivity contribution < 1.29 is 49.4 Å². The predicted octanol–water partition coefficient (Wildman–Crippen LogP) is 1.20. The van der Waals surface area contributed by atoms with Crippen LogP contribution in [-0.2, 0) is 4.79 Å². The molecule has 0 radical (unpaired) electrons. The third-order valence-electron chi connectivity index (χ3n) is 1.40. The van der Waals surface area contributed by atoms with Gasteiger partial charge in [0.05, 0.1) is 0 Å². The normalized spacial score (nSPS) is 15.1. The Morgan fingerprint density at radius 1 is 0.750 bits per heavy atom. The molecule has 0 amide bonds. The first-order valence-electron chi connectivity index (χ1n) is 3.11. The van der Waals surface area contributed by atoms with Crippen molar-refractivity contribution in [1.29, 1.82) is 0 Å². The van der Waals surface area contributed by atoms with E-state index in [0.29, 0.717) is 0 Å². The van der Waals surface area contributed by atoms with Crippen LogP contribution in [0.3, 0.4) is 0 Å². The molecular weight excluding hydrogens is 263 g/mol. The molecule has 0 saturated heterocycles. The molecule has 0 N–H and O–H groups in total. The van der Waals surface area contributed by atoms with E-state index in [-0.39, 0.29) is 0 Å². The predicted molar refractivity (Wildman–Crippen MR) is 25.9 cm³/mol. The second-order valence-electron chi connectivity index (χ2n) is 2.51. The maximum Gasteiger partial charge on any atom is 0.460 e. The van der Waals surface area contributed by atoms with Gasteiger partial charge in [-0.05, 0) is 0 Å². The highest BCUT2D eigenvalue weighted by Crippen LogP contribution is 2.52. The second-order valence-corrected chi connectivity index (χ2v) is 2.51. The van der Waals surface area contributed by atoms with Crippen molar-refractivity contribution in [1.82, 2.24) is 0 Å². The SMILES string of the molecule is O=C([O-])C(F)(F)C(F)(F)C(F)(F)C(F)(F)F. The van der Waals surface area contributed by atoms with Gasteiger partial charge in [-0.15, -0.1) is 0 Å². The summed E-state index contributed by atoms with van der Waals surface area (Å²) in [7, 11) is 0.